The fraction of sp³-hybridized carbons (Fsp3) is 0.0435. The number of amides is 2. The highest BCUT2D eigenvalue weighted by Gasteiger charge is 2.16. The number of halogens is 2. The number of carbonyl (C=O) groups is 3. The highest BCUT2D eigenvalue weighted by Crippen LogP contribution is 2.30. The smallest absolute Gasteiger partial charge is 0.343 e. The Morgan fingerprint density at radius 3 is 2.39 bits per heavy atom. The molecule has 0 aliphatic rings. The molecule has 0 atom stereocenters. The van der Waals surface area contributed by atoms with E-state index >= 15 is 0 Å². The van der Waals surface area contributed by atoms with E-state index in [1.165, 1.54) is 25.5 Å². The van der Waals surface area contributed by atoms with Crippen molar-refractivity contribution >= 4 is 52.9 Å². The summed E-state index contributed by atoms with van der Waals surface area (Å²) in [6, 6.07) is 17.8. The van der Waals surface area contributed by atoms with Gasteiger partial charge in [0.05, 0.1) is 34.6 Å². The minimum Gasteiger partial charge on any atom is -0.493 e. The van der Waals surface area contributed by atoms with Gasteiger partial charge in [-0.05, 0) is 48.0 Å². The summed E-state index contributed by atoms with van der Waals surface area (Å²) in [5.41, 5.74) is 3.21. The molecule has 0 bridgehead atoms. The number of esters is 1. The predicted molar refractivity (Wildman–Crippen MR) is 125 cm³/mol. The summed E-state index contributed by atoms with van der Waals surface area (Å²) in [5.74, 6) is -2.03. The molecule has 0 unspecified atom stereocenters. The van der Waals surface area contributed by atoms with Gasteiger partial charge >= 0.3 is 17.8 Å². The van der Waals surface area contributed by atoms with Gasteiger partial charge in [-0.2, -0.15) is 5.10 Å². The number of nitrogens with one attached hydrogen (secondary N) is 2. The monoisotopic (exact) mass is 485 g/mol. The first kappa shape index (κ1) is 23.8. The Hall–Kier alpha value is -3.88. The third kappa shape index (κ3) is 6.31. The maximum Gasteiger partial charge on any atom is 0.343 e. The van der Waals surface area contributed by atoms with Crippen LogP contribution >= 0.6 is 23.2 Å². The van der Waals surface area contributed by atoms with Gasteiger partial charge in [0.2, 0.25) is 0 Å². The number of rotatable bonds is 6. The van der Waals surface area contributed by atoms with E-state index in [0.717, 1.165) is 0 Å². The van der Waals surface area contributed by atoms with Crippen LogP contribution in [0.2, 0.25) is 10.0 Å². The fourth-order valence-corrected chi connectivity index (χ4v) is 2.93. The van der Waals surface area contributed by atoms with Gasteiger partial charge in [0.1, 0.15) is 0 Å². The summed E-state index contributed by atoms with van der Waals surface area (Å²) in [6.45, 7) is 0. The van der Waals surface area contributed by atoms with Gasteiger partial charge in [-0.15, -0.1) is 0 Å². The van der Waals surface area contributed by atoms with Crippen molar-refractivity contribution < 1.29 is 23.9 Å². The Balaban J connectivity index is 1.61. The molecule has 168 valence electrons. The van der Waals surface area contributed by atoms with E-state index < -0.39 is 17.8 Å². The highest BCUT2D eigenvalue weighted by atomic mass is 35.5. The molecule has 2 amide bonds. The average Bonchev–Trinajstić information content (AvgIpc) is 2.83. The van der Waals surface area contributed by atoms with E-state index in [1.54, 1.807) is 54.6 Å². The van der Waals surface area contributed by atoms with E-state index in [9.17, 15) is 14.4 Å². The zero-order chi connectivity index (χ0) is 23.8. The molecule has 8 nitrogen and oxygen atoms in total. The van der Waals surface area contributed by atoms with Crippen molar-refractivity contribution in [2.45, 2.75) is 0 Å². The Morgan fingerprint density at radius 1 is 0.909 bits per heavy atom. The lowest BCUT2D eigenvalue weighted by Crippen LogP contribution is -2.32. The van der Waals surface area contributed by atoms with E-state index in [-0.39, 0.29) is 27.2 Å². The molecular formula is C23H17Cl2N3O5. The minimum absolute atomic E-state index is 0.115. The van der Waals surface area contributed by atoms with Gasteiger partial charge in [0.15, 0.2) is 11.5 Å². The summed E-state index contributed by atoms with van der Waals surface area (Å²) in [4.78, 5) is 36.2. The Kier molecular flexibility index (Phi) is 8.01. The zero-order valence-electron chi connectivity index (χ0n) is 17.2. The van der Waals surface area contributed by atoms with Gasteiger partial charge in [0.25, 0.3) is 0 Å². The molecule has 0 saturated heterocycles. The fourth-order valence-electron chi connectivity index (χ4n) is 2.58. The Morgan fingerprint density at radius 2 is 1.67 bits per heavy atom. The van der Waals surface area contributed by atoms with Crippen molar-refractivity contribution in [1.29, 1.82) is 0 Å². The molecule has 0 heterocycles. The Bertz CT molecular complexity index is 1220. The normalized spacial score (nSPS) is 10.5. The Labute approximate surface area is 199 Å². The number of carbonyl (C=O) groups excluding carboxylic acids is 3. The van der Waals surface area contributed by atoms with Crippen molar-refractivity contribution in [3.63, 3.8) is 0 Å². The maximum atomic E-state index is 12.2. The van der Waals surface area contributed by atoms with Crippen molar-refractivity contribution in [2.24, 2.45) is 5.10 Å². The van der Waals surface area contributed by atoms with Crippen molar-refractivity contribution in [3.05, 3.63) is 87.9 Å². The second-order valence-corrected chi connectivity index (χ2v) is 7.21. The molecule has 33 heavy (non-hydrogen) atoms. The van der Waals surface area contributed by atoms with E-state index in [2.05, 4.69) is 15.8 Å². The molecule has 0 aromatic heterocycles. The molecule has 3 aromatic rings. The summed E-state index contributed by atoms with van der Waals surface area (Å²) < 4.78 is 10.6. The number of ether oxygens (including phenoxy) is 2. The average molecular weight is 486 g/mol. The van der Waals surface area contributed by atoms with Crippen LogP contribution in [0, 0.1) is 0 Å². The van der Waals surface area contributed by atoms with E-state index in [4.69, 9.17) is 32.7 Å². The maximum absolute atomic E-state index is 12.2. The molecule has 0 aliphatic heterocycles. The van der Waals surface area contributed by atoms with Crippen molar-refractivity contribution in [1.82, 2.24) is 5.43 Å². The molecule has 0 spiro atoms. The van der Waals surface area contributed by atoms with Crippen LogP contribution in [-0.2, 0) is 9.59 Å². The summed E-state index contributed by atoms with van der Waals surface area (Å²) in [6.07, 6.45) is 1.29. The first-order valence-corrected chi connectivity index (χ1v) is 10.2. The van der Waals surface area contributed by atoms with Crippen molar-refractivity contribution in [2.75, 3.05) is 12.4 Å². The lowest BCUT2D eigenvalue weighted by molar-refractivity contribution is -0.136. The van der Waals surface area contributed by atoms with Crippen LogP contribution in [0.5, 0.6) is 11.5 Å². The molecular weight excluding hydrogens is 469 g/mol. The van der Waals surface area contributed by atoms with Gasteiger partial charge < -0.3 is 14.8 Å². The lowest BCUT2D eigenvalue weighted by Gasteiger charge is -2.10. The van der Waals surface area contributed by atoms with E-state index in [1.807, 2.05) is 0 Å². The third-order valence-corrected chi connectivity index (χ3v) is 5.00. The van der Waals surface area contributed by atoms with Crippen LogP contribution in [0.1, 0.15) is 15.9 Å². The first-order chi connectivity index (χ1) is 15.9. The number of benzene rings is 3. The lowest BCUT2D eigenvalue weighted by atomic mass is 10.2. The number of hydrogen-bond acceptors (Lipinski definition) is 6. The van der Waals surface area contributed by atoms with Crippen LogP contribution in [0.15, 0.2) is 71.8 Å². The quantitative estimate of drug-likeness (QED) is 0.178. The number of hydrazone groups is 1. The molecule has 2 N–H and O–H groups in total. The van der Waals surface area contributed by atoms with Crippen LogP contribution in [0.4, 0.5) is 5.69 Å². The number of hydrogen-bond donors (Lipinski definition) is 2. The largest absolute Gasteiger partial charge is 0.493 e. The van der Waals surface area contributed by atoms with Crippen LogP contribution in [0.3, 0.4) is 0 Å². The topological polar surface area (TPSA) is 106 Å². The SMILES string of the molecule is COc1cc(/C=N\NC(=O)C(=O)Nc2cccc(Cl)c2Cl)ccc1OC(=O)c1ccccc1. The predicted octanol–water partition coefficient (Wildman–Crippen LogP) is 4.31. The van der Waals surface area contributed by atoms with Gasteiger partial charge in [-0.1, -0.05) is 47.5 Å². The van der Waals surface area contributed by atoms with Gasteiger partial charge in [-0.25, -0.2) is 10.2 Å². The van der Waals surface area contributed by atoms with Gasteiger partial charge in [0, 0.05) is 0 Å². The molecule has 0 aliphatic carbocycles. The first-order valence-electron chi connectivity index (χ1n) is 9.42. The molecule has 0 radical (unpaired) electrons. The molecule has 3 rings (SSSR count). The summed E-state index contributed by atoms with van der Waals surface area (Å²) in [7, 11) is 1.42. The molecule has 0 saturated carbocycles. The van der Waals surface area contributed by atoms with Gasteiger partial charge in [-0.3, -0.25) is 9.59 Å². The van der Waals surface area contributed by atoms with E-state index in [0.29, 0.717) is 11.1 Å². The second kappa shape index (κ2) is 11.1. The zero-order valence-corrected chi connectivity index (χ0v) is 18.7. The summed E-state index contributed by atoms with van der Waals surface area (Å²) >= 11 is 11.9. The molecule has 10 heteroatoms. The molecule has 0 fully saturated rings. The number of methoxy groups -OCH3 is 1. The standard InChI is InChI=1S/C23H17Cl2N3O5/c1-32-19-12-14(10-11-18(19)33-23(31)15-6-3-2-4-7-15)13-26-28-22(30)21(29)27-17-9-5-8-16(24)20(17)25/h2-13H,1H3,(H,27,29)(H,28,30)/b26-13-. The van der Waals surface area contributed by atoms with Crippen molar-refractivity contribution in [3.8, 4) is 11.5 Å². The summed E-state index contributed by atoms with van der Waals surface area (Å²) in [5, 5.41) is 6.45. The van der Waals surface area contributed by atoms with Crippen LogP contribution in [-0.4, -0.2) is 31.1 Å². The number of anilines is 1. The molecule has 3 aromatic carbocycles. The number of nitrogens with zero attached hydrogens (tertiary/aromatic N) is 1. The third-order valence-electron chi connectivity index (χ3n) is 4.19. The van der Waals surface area contributed by atoms with Crippen LogP contribution in [0.25, 0.3) is 0 Å². The minimum atomic E-state index is -1.01. The van der Waals surface area contributed by atoms with Crippen LogP contribution < -0.4 is 20.2 Å². The highest BCUT2D eigenvalue weighted by molar-refractivity contribution is 6.45. The second-order valence-electron chi connectivity index (χ2n) is 6.42.